The lowest BCUT2D eigenvalue weighted by Gasteiger charge is -2.38. The average Bonchev–Trinajstić information content (AvgIpc) is 2.47. The summed E-state index contributed by atoms with van der Waals surface area (Å²) in [6.45, 7) is 4.85. The van der Waals surface area contributed by atoms with Gasteiger partial charge in [0.05, 0.1) is 13.1 Å². The number of likely N-dealkylation sites (tertiary alicyclic amines) is 1. The zero-order valence-electron chi connectivity index (χ0n) is 14.1. The molecular formula is C18H21N3O3. The Bertz CT molecular complexity index is 822. The number of aromatic nitrogens is 1. The van der Waals surface area contributed by atoms with Gasteiger partial charge in [0.15, 0.2) is 0 Å². The van der Waals surface area contributed by atoms with Crippen molar-refractivity contribution in [2.24, 2.45) is 7.05 Å². The van der Waals surface area contributed by atoms with Crippen LogP contribution in [0.4, 0.5) is 10.5 Å². The van der Waals surface area contributed by atoms with Crippen LogP contribution in [0.3, 0.4) is 0 Å². The number of hydrogen-bond acceptors (Lipinski definition) is 3. The number of ether oxygens (including phenoxy) is 1. The van der Waals surface area contributed by atoms with E-state index in [1.807, 2.05) is 44.2 Å². The number of rotatable bonds is 3. The maximum Gasteiger partial charge on any atom is 0.322 e. The van der Waals surface area contributed by atoms with E-state index in [1.165, 1.54) is 6.07 Å². The minimum absolute atomic E-state index is 0.0836. The molecule has 2 aromatic rings. The highest BCUT2D eigenvalue weighted by molar-refractivity contribution is 5.90. The SMILES string of the molecule is Cc1cccc(NC(=O)N2CC(Oc3cc(C)n(C)c(=O)c3)C2)c1. The standard InChI is InChI=1S/C18H21N3O3/c1-12-5-4-6-14(7-12)19-18(23)21-10-16(11-21)24-15-8-13(2)20(3)17(22)9-15/h4-9,16H,10-11H2,1-3H3,(H,19,23). The molecule has 0 spiro atoms. The van der Waals surface area contributed by atoms with Crippen LogP contribution in [0.25, 0.3) is 0 Å². The first-order valence-corrected chi connectivity index (χ1v) is 7.89. The van der Waals surface area contributed by atoms with E-state index in [0.717, 1.165) is 16.9 Å². The molecule has 0 bridgehead atoms. The fourth-order valence-corrected chi connectivity index (χ4v) is 2.60. The van der Waals surface area contributed by atoms with Crippen LogP contribution in [0.15, 0.2) is 41.2 Å². The summed E-state index contributed by atoms with van der Waals surface area (Å²) in [7, 11) is 1.72. The predicted molar refractivity (Wildman–Crippen MR) is 92.6 cm³/mol. The molecule has 24 heavy (non-hydrogen) atoms. The van der Waals surface area contributed by atoms with Crippen LogP contribution in [0.1, 0.15) is 11.3 Å². The summed E-state index contributed by atoms with van der Waals surface area (Å²) in [4.78, 5) is 25.6. The van der Waals surface area contributed by atoms with E-state index < -0.39 is 0 Å². The minimum atomic E-state index is -0.138. The van der Waals surface area contributed by atoms with Crippen LogP contribution in [-0.2, 0) is 7.05 Å². The third-order valence-corrected chi connectivity index (χ3v) is 4.18. The second-order valence-corrected chi connectivity index (χ2v) is 6.17. The molecule has 0 aliphatic carbocycles. The van der Waals surface area contributed by atoms with Crippen LogP contribution < -0.4 is 15.6 Å². The van der Waals surface area contributed by atoms with Gasteiger partial charge in [-0.25, -0.2) is 4.79 Å². The molecular weight excluding hydrogens is 306 g/mol. The first kappa shape index (κ1) is 16.1. The van der Waals surface area contributed by atoms with Gasteiger partial charge in [-0.2, -0.15) is 0 Å². The zero-order valence-corrected chi connectivity index (χ0v) is 14.1. The lowest BCUT2D eigenvalue weighted by molar-refractivity contribution is 0.0490. The van der Waals surface area contributed by atoms with Crippen molar-refractivity contribution in [1.29, 1.82) is 0 Å². The monoisotopic (exact) mass is 327 g/mol. The fraction of sp³-hybridized carbons (Fsp3) is 0.333. The molecule has 6 heteroatoms. The molecule has 0 radical (unpaired) electrons. The van der Waals surface area contributed by atoms with Crippen LogP contribution in [-0.4, -0.2) is 34.7 Å². The van der Waals surface area contributed by atoms with Crippen molar-refractivity contribution in [2.45, 2.75) is 20.0 Å². The van der Waals surface area contributed by atoms with Gasteiger partial charge in [-0.05, 0) is 37.6 Å². The van der Waals surface area contributed by atoms with Crippen LogP contribution in [0, 0.1) is 13.8 Å². The van der Waals surface area contributed by atoms with Crippen molar-refractivity contribution in [3.63, 3.8) is 0 Å². The Hall–Kier alpha value is -2.76. The van der Waals surface area contributed by atoms with Gasteiger partial charge in [-0.3, -0.25) is 4.79 Å². The predicted octanol–water partition coefficient (Wildman–Crippen LogP) is 2.30. The molecule has 1 aliphatic heterocycles. The molecule has 0 saturated carbocycles. The van der Waals surface area contributed by atoms with E-state index >= 15 is 0 Å². The number of pyridine rings is 1. The maximum atomic E-state index is 12.2. The number of nitrogens with zero attached hydrogens (tertiary/aromatic N) is 2. The van der Waals surface area contributed by atoms with Gasteiger partial charge in [-0.15, -0.1) is 0 Å². The highest BCUT2D eigenvalue weighted by atomic mass is 16.5. The molecule has 126 valence electrons. The lowest BCUT2D eigenvalue weighted by Crippen LogP contribution is -2.57. The first-order chi connectivity index (χ1) is 11.4. The largest absolute Gasteiger partial charge is 0.486 e. The number of nitrogens with one attached hydrogen (secondary N) is 1. The molecule has 2 heterocycles. The number of aryl methyl sites for hydroxylation is 2. The molecule has 1 aromatic carbocycles. The summed E-state index contributed by atoms with van der Waals surface area (Å²) in [5.74, 6) is 0.555. The molecule has 1 saturated heterocycles. The maximum absolute atomic E-state index is 12.2. The van der Waals surface area contributed by atoms with Gasteiger partial charge >= 0.3 is 6.03 Å². The van der Waals surface area contributed by atoms with Gasteiger partial charge in [0.2, 0.25) is 0 Å². The van der Waals surface area contributed by atoms with Crippen molar-refractivity contribution >= 4 is 11.7 Å². The Morgan fingerprint density at radius 2 is 1.96 bits per heavy atom. The lowest BCUT2D eigenvalue weighted by atomic mass is 10.2. The van der Waals surface area contributed by atoms with Crippen LogP contribution in [0.2, 0.25) is 0 Å². The number of hydrogen-bond donors (Lipinski definition) is 1. The molecule has 0 unspecified atom stereocenters. The van der Waals surface area contributed by atoms with Crippen molar-refractivity contribution < 1.29 is 9.53 Å². The smallest absolute Gasteiger partial charge is 0.322 e. The molecule has 0 atom stereocenters. The number of benzene rings is 1. The highest BCUT2D eigenvalue weighted by Crippen LogP contribution is 2.19. The molecule has 2 amide bonds. The normalized spacial score (nSPS) is 14.2. The van der Waals surface area contributed by atoms with E-state index in [4.69, 9.17) is 4.74 Å². The average molecular weight is 327 g/mol. The third kappa shape index (κ3) is 3.42. The number of carbonyl (C=O) groups is 1. The van der Waals surface area contributed by atoms with E-state index in [9.17, 15) is 9.59 Å². The summed E-state index contributed by atoms with van der Waals surface area (Å²) >= 11 is 0. The van der Waals surface area contributed by atoms with Crippen molar-refractivity contribution in [3.8, 4) is 5.75 Å². The topological polar surface area (TPSA) is 63.6 Å². The fourth-order valence-electron chi connectivity index (χ4n) is 2.60. The molecule has 1 aliphatic rings. The van der Waals surface area contributed by atoms with E-state index in [0.29, 0.717) is 18.8 Å². The molecule has 3 rings (SSSR count). The summed E-state index contributed by atoms with van der Waals surface area (Å²) in [6.07, 6.45) is -0.0836. The molecule has 6 nitrogen and oxygen atoms in total. The number of carbonyl (C=O) groups excluding carboxylic acids is 1. The van der Waals surface area contributed by atoms with Crippen LogP contribution in [0.5, 0.6) is 5.75 Å². The van der Waals surface area contributed by atoms with Crippen LogP contribution >= 0.6 is 0 Å². The second-order valence-electron chi connectivity index (χ2n) is 6.17. The number of amides is 2. The Morgan fingerprint density at radius 3 is 2.62 bits per heavy atom. The molecule has 1 aromatic heterocycles. The van der Waals surface area contributed by atoms with E-state index in [1.54, 1.807) is 16.5 Å². The summed E-state index contributed by atoms with van der Waals surface area (Å²) in [6, 6.07) is 10.8. The summed E-state index contributed by atoms with van der Waals surface area (Å²) in [5.41, 5.74) is 2.62. The summed E-state index contributed by atoms with van der Waals surface area (Å²) in [5, 5.41) is 2.87. The first-order valence-electron chi connectivity index (χ1n) is 7.89. The van der Waals surface area contributed by atoms with Gasteiger partial charge in [0.25, 0.3) is 5.56 Å². The highest BCUT2D eigenvalue weighted by Gasteiger charge is 2.32. The Morgan fingerprint density at radius 1 is 1.21 bits per heavy atom. The van der Waals surface area contributed by atoms with Crippen molar-refractivity contribution in [1.82, 2.24) is 9.47 Å². The molecule has 1 N–H and O–H groups in total. The van der Waals surface area contributed by atoms with Crippen molar-refractivity contribution in [3.05, 3.63) is 58.0 Å². The number of anilines is 1. The number of urea groups is 1. The van der Waals surface area contributed by atoms with E-state index in [2.05, 4.69) is 5.32 Å². The van der Waals surface area contributed by atoms with Gasteiger partial charge in [-0.1, -0.05) is 12.1 Å². The Kier molecular flexibility index (Phi) is 4.29. The molecule has 1 fully saturated rings. The van der Waals surface area contributed by atoms with Gasteiger partial charge in [0.1, 0.15) is 11.9 Å². The Labute approximate surface area is 140 Å². The van der Waals surface area contributed by atoms with Gasteiger partial charge in [0, 0.05) is 24.5 Å². The van der Waals surface area contributed by atoms with E-state index in [-0.39, 0.29) is 17.7 Å². The Balaban J connectivity index is 1.54. The van der Waals surface area contributed by atoms with Gasteiger partial charge < -0.3 is 19.5 Å². The quantitative estimate of drug-likeness (QED) is 0.941. The van der Waals surface area contributed by atoms with Crippen molar-refractivity contribution in [2.75, 3.05) is 18.4 Å². The zero-order chi connectivity index (χ0) is 17.3. The third-order valence-electron chi connectivity index (χ3n) is 4.18. The summed E-state index contributed by atoms with van der Waals surface area (Å²) < 4.78 is 7.35. The second kappa shape index (κ2) is 6.39. The minimum Gasteiger partial charge on any atom is -0.486 e.